The second-order valence-electron chi connectivity index (χ2n) is 4.17. The fourth-order valence-electron chi connectivity index (χ4n) is 2.18. The van der Waals surface area contributed by atoms with Crippen LogP contribution in [0.4, 0.5) is 0 Å². The van der Waals surface area contributed by atoms with Crippen molar-refractivity contribution in [2.75, 3.05) is 0 Å². The van der Waals surface area contributed by atoms with Crippen molar-refractivity contribution in [2.45, 2.75) is 11.7 Å². The highest BCUT2D eigenvalue weighted by atomic mass is 32.1. The zero-order valence-corrected chi connectivity index (χ0v) is 9.87. The summed E-state index contributed by atoms with van der Waals surface area (Å²) >= 11 is 4.80. The Morgan fingerprint density at radius 1 is 0.875 bits per heavy atom. The normalized spacial score (nSPS) is 15.9. The van der Waals surface area contributed by atoms with Crippen LogP contribution in [0.5, 0.6) is 11.5 Å². The average Bonchev–Trinajstić information content (AvgIpc) is 2.29. The molecule has 0 bridgehead atoms. The molecular weight excluding hydrogens is 216 g/mol. The van der Waals surface area contributed by atoms with E-state index < -0.39 is 0 Å². The Bertz CT molecular complexity index is 498. The second-order valence-corrected chi connectivity index (χ2v) is 5.06. The van der Waals surface area contributed by atoms with Crippen molar-refractivity contribution in [3.63, 3.8) is 0 Å². The highest BCUT2D eigenvalue weighted by Crippen LogP contribution is 2.49. The molecule has 0 aliphatic carbocycles. The van der Waals surface area contributed by atoms with Gasteiger partial charge in [0.1, 0.15) is 11.5 Å². The molecule has 0 spiro atoms. The summed E-state index contributed by atoms with van der Waals surface area (Å²) in [4.78, 5) is 0. The summed E-state index contributed by atoms with van der Waals surface area (Å²) in [5, 5.41) is 0. The quantitative estimate of drug-likeness (QED) is 0.671. The molecule has 1 heterocycles. The first kappa shape index (κ1) is 9.79. The number of rotatable bonds is 0. The van der Waals surface area contributed by atoms with Crippen LogP contribution in [0.1, 0.15) is 18.1 Å². The maximum Gasteiger partial charge on any atom is 0.132 e. The molecule has 1 nitrogen and oxygen atoms in total. The zero-order chi connectivity index (χ0) is 11.2. The van der Waals surface area contributed by atoms with Crippen molar-refractivity contribution < 1.29 is 4.74 Å². The number of benzene rings is 2. The summed E-state index contributed by atoms with van der Waals surface area (Å²) in [5.41, 5.74) is 2.24. The van der Waals surface area contributed by atoms with Gasteiger partial charge < -0.3 is 4.74 Å². The van der Waals surface area contributed by atoms with Crippen LogP contribution >= 0.6 is 12.6 Å². The lowest BCUT2D eigenvalue weighted by atomic mass is 9.88. The Morgan fingerprint density at radius 3 is 1.81 bits per heavy atom. The number of ether oxygens (including phenoxy) is 1. The molecule has 2 aromatic carbocycles. The van der Waals surface area contributed by atoms with E-state index in [0.717, 1.165) is 22.6 Å². The van der Waals surface area contributed by atoms with Crippen molar-refractivity contribution in [2.24, 2.45) is 0 Å². The van der Waals surface area contributed by atoms with Gasteiger partial charge in [0, 0.05) is 11.1 Å². The topological polar surface area (TPSA) is 9.23 Å². The molecule has 0 saturated heterocycles. The molecule has 2 heteroatoms. The second kappa shape index (κ2) is 3.29. The van der Waals surface area contributed by atoms with Gasteiger partial charge in [-0.25, -0.2) is 0 Å². The lowest BCUT2D eigenvalue weighted by Crippen LogP contribution is -2.21. The van der Waals surface area contributed by atoms with E-state index in [1.54, 1.807) is 0 Å². The third kappa shape index (κ3) is 1.26. The van der Waals surface area contributed by atoms with Gasteiger partial charge >= 0.3 is 0 Å². The van der Waals surface area contributed by atoms with Crippen LogP contribution in [-0.4, -0.2) is 0 Å². The van der Waals surface area contributed by atoms with Gasteiger partial charge in [-0.15, -0.1) is 0 Å². The van der Waals surface area contributed by atoms with Crippen LogP contribution in [0.25, 0.3) is 0 Å². The van der Waals surface area contributed by atoms with Gasteiger partial charge in [-0.2, -0.15) is 12.6 Å². The number of fused-ring (bicyclic) bond motifs is 2. The number of para-hydroxylation sites is 2. The highest BCUT2D eigenvalue weighted by Gasteiger charge is 2.34. The molecular formula is C14H12OS. The Kier molecular flexibility index (Phi) is 2.01. The third-order valence-corrected chi connectivity index (χ3v) is 3.52. The van der Waals surface area contributed by atoms with Crippen LogP contribution in [0.3, 0.4) is 0 Å². The summed E-state index contributed by atoms with van der Waals surface area (Å²) in [5.74, 6) is 1.80. The van der Waals surface area contributed by atoms with E-state index >= 15 is 0 Å². The van der Waals surface area contributed by atoms with Crippen molar-refractivity contribution in [3.8, 4) is 11.5 Å². The molecule has 0 atom stereocenters. The molecule has 1 aliphatic heterocycles. The first-order valence-electron chi connectivity index (χ1n) is 5.29. The van der Waals surface area contributed by atoms with E-state index in [4.69, 9.17) is 17.4 Å². The summed E-state index contributed by atoms with van der Waals surface area (Å²) in [6.45, 7) is 2.11. The predicted octanol–water partition coefficient (Wildman–Crippen LogP) is 3.99. The maximum atomic E-state index is 5.86. The summed E-state index contributed by atoms with van der Waals surface area (Å²) in [7, 11) is 0. The van der Waals surface area contributed by atoms with E-state index in [1.165, 1.54) is 0 Å². The van der Waals surface area contributed by atoms with Gasteiger partial charge in [-0.3, -0.25) is 0 Å². The lowest BCUT2D eigenvalue weighted by Gasteiger charge is -2.33. The molecule has 16 heavy (non-hydrogen) atoms. The van der Waals surface area contributed by atoms with Crippen molar-refractivity contribution in [3.05, 3.63) is 59.7 Å². The number of hydrogen-bond acceptors (Lipinski definition) is 2. The average molecular weight is 228 g/mol. The van der Waals surface area contributed by atoms with E-state index in [0.29, 0.717) is 0 Å². The molecule has 2 aromatic rings. The van der Waals surface area contributed by atoms with Gasteiger partial charge in [-0.1, -0.05) is 36.4 Å². The van der Waals surface area contributed by atoms with Gasteiger partial charge in [0.15, 0.2) is 0 Å². The van der Waals surface area contributed by atoms with Gasteiger partial charge in [0.25, 0.3) is 0 Å². The lowest BCUT2D eigenvalue weighted by molar-refractivity contribution is 0.443. The molecule has 0 N–H and O–H groups in total. The van der Waals surface area contributed by atoms with Crippen molar-refractivity contribution >= 4 is 12.6 Å². The monoisotopic (exact) mass is 228 g/mol. The molecule has 0 fully saturated rings. The first-order valence-corrected chi connectivity index (χ1v) is 5.73. The Morgan fingerprint density at radius 2 is 1.31 bits per heavy atom. The number of thiol groups is 1. The minimum atomic E-state index is -0.286. The van der Waals surface area contributed by atoms with Crippen LogP contribution in [0, 0.1) is 0 Å². The maximum absolute atomic E-state index is 5.86. The smallest absolute Gasteiger partial charge is 0.132 e. The van der Waals surface area contributed by atoms with Gasteiger partial charge in [0.05, 0.1) is 4.75 Å². The molecule has 80 valence electrons. The third-order valence-electron chi connectivity index (χ3n) is 3.04. The molecule has 0 radical (unpaired) electrons. The molecule has 1 aliphatic rings. The SMILES string of the molecule is CC1(S)c2ccccc2Oc2ccccc21. The van der Waals surface area contributed by atoms with Crippen LogP contribution in [0.2, 0.25) is 0 Å². The Balaban J connectivity index is 2.28. The van der Waals surface area contributed by atoms with Gasteiger partial charge in [0.2, 0.25) is 0 Å². The summed E-state index contributed by atoms with van der Waals surface area (Å²) in [6.07, 6.45) is 0. The molecule has 0 saturated carbocycles. The molecule has 0 amide bonds. The first-order chi connectivity index (χ1) is 7.69. The van der Waals surface area contributed by atoms with E-state index in [2.05, 4.69) is 19.1 Å². The fraction of sp³-hybridized carbons (Fsp3) is 0.143. The predicted molar refractivity (Wildman–Crippen MR) is 68.4 cm³/mol. The van der Waals surface area contributed by atoms with Crippen LogP contribution in [0.15, 0.2) is 48.5 Å². The molecule has 0 unspecified atom stereocenters. The Labute approximate surface area is 100 Å². The zero-order valence-electron chi connectivity index (χ0n) is 8.97. The van der Waals surface area contributed by atoms with E-state index in [9.17, 15) is 0 Å². The molecule has 0 aromatic heterocycles. The summed E-state index contributed by atoms with van der Waals surface area (Å²) in [6, 6.07) is 16.1. The fourth-order valence-corrected chi connectivity index (χ4v) is 2.55. The highest BCUT2D eigenvalue weighted by molar-refractivity contribution is 7.81. The number of hydrogen-bond donors (Lipinski definition) is 1. The molecule has 3 rings (SSSR count). The van der Waals surface area contributed by atoms with Gasteiger partial charge in [-0.05, 0) is 19.1 Å². The Hall–Kier alpha value is -1.41. The van der Waals surface area contributed by atoms with Crippen molar-refractivity contribution in [1.82, 2.24) is 0 Å². The van der Waals surface area contributed by atoms with Crippen LogP contribution < -0.4 is 4.74 Å². The van der Waals surface area contributed by atoms with E-state index in [-0.39, 0.29) is 4.75 Å². The largest absolute Gasteiger partial charge is 0.457 e. The standard InChI is InChI=1S/C14H12OS/c1-14(16)10-6-2-4-8-12(10)15-13-9-5-3-7-11(13)14/h2-9,16H,1H3. The van der Waals surface area contributed by atoms with Crippen LogP contribution in [-0.2, 0) is 4.75 Å². The van der Waals surface area contributed by atoms with E-state index in [1.807, 2.05) is 36.4 Å². The minimum Gasteiger partial charge on any atom is -0.457 e. The minimum absolute atomic E-state index is 0.286. The van der Waals surface area contributed by atoms with Crippen molar-refractivity contribution in [1.29, 1.82) is 0 Å². The summed E-state index contributed by atoms with van der Waals surface area (Å²) < 4.78 is 5.58.